The first-order valence-corrected chi connectivity index (χ1v) is 13.3. The van der Waals surface area contributed by atoms with E-state index in [-0.39, 0.29) is 18.1 Å². The van der Waals surface area contributed by atoms with Crippen LogP contribution in [0, 0.1) is 11.8 Å². The maximum absolute atomic E-state index is 13.9. The topological polar surface area (TPSA) is 109 Å². The van der Waals surface area contributed by atoms with E-state index in [9.17, 15) is 14.4 Å². The molecule has 10 heteroatoms. The highest BCUT2D eigenvalue weighted by Crippen LogP contribution is 2.49. The van der Waals surface area contributed by atoms with Gasteiger partial charge in [-0.25, -0.2) is 4.79 Å². The van der Waals surface area contributed by atoms with Crippen molar-refractivity contribution in [3.63, 3.8) is 0 Å². The highest BCUT2D eigenvalue weighted by molar-refractivity contribution is 7.99. The number of thioether (sulfide) groups is 1. The predicted octanol–water partition coefficient (Wildman–Crippen LogP) is 3.62. The number of esters is 2. The molecule has 1 aliphatic heterocycles. The lowest BCUT2D eigenvalue weighted by molar-refractivity contribution is -0.151. The Balaban J connectivity index is 2.23. The zero-order valence-corrected chi connectivity index (χ0v) is 23.2. The van der Waals surface area contributed by atoms with E-state index in [4.69, 9.17) is 23.7 Å². The van der Waals surface area contributed by atoms with Crippen molar-refractivity contribution in [1.82, 2.24) is 5.32 Å². The molecule has 1 aromatic carbocycles. The molecule has 0 saturated carbocycles. The van der Waals surface area contributed by atoms with Crippen molar-refractivity contribution in [2.75, 3.05) is 46.6 Å². The summed E-state index contributed by atoms with van der Waals surface area (Å²) < 4.78 is 27.3. The van der Waals surface area contributed by atoms with Gasteiger partial charge in [0.05, 0.1) is 39.9 Å². The van der Waals surface area contributed by atoms with E-state index in [0.29, 0.717) is 52.0 Å². The third kappa shape index (κ3) is 5.58. The number of ketones is 1. The lowest BCUT2D eigenvalue weighted by Gasteiger charge is -2.38. The zero-order valence-electron chi connectivity index (χ0n) is 22.4. The summed E-state index contributed by atoms with van der Waals surface area (Å²) in [5.41, 5.74) is 2.35. The Morgan fingerprint density at radius 2 is 1.70 bits per heavy atom. The van der Waals surface area contributed by atoms with Crippen molar-refractivity contribution in [1.29, 1.82) is 0 Å². The number of benzene rings is 1. The van der Waals surface area contributed by atoms with E-state index in [1.807, 2.05) is 13.8 Å². The first kappa shape index (κ1) is 28.4. The number of Topliss-reactive ketones (excluding diaryl/α,β-unsaturated/α-hetero) is 1. The molecule has 0 radical (unpaired) electrons. The Labute approximate surface area is 221 Å². The Kier molecular flexibility index (Phi) is 9.53. The van der Waals surface area contributed by atoms with E-state index < -0.39 is 29.6 Å². The highest BCUT2D eigenvalue weighted by Gasteiger charge is 2.48. The molecule has 1 aromatic rings. The normalized spacial score (nSPS) is 21.2. The third-order valence-corrected chi connectivity index (χ3v) is 7.54. The SMILES string of the molecule is CCSCCOC(=O)C1=C(C)NC2=C(C(=O)[C@H](C(=O)OC)[C@H](C)C2)[C@H]1c1cc(OC)c(OC)cc1OC. The van der Waals surface area contributed by atoms with Crippen molar-refractivity contribution in [2.24, 2.45) is 11.8 Å². The third-order valence-electron chi connectivity index (χ3n) is 6.67. The van der Waals surface area contributed by atoms with Crippen molar-refractivity contribution >= 4 is 29.5 Å². The molecule has 0 saturated heterocycles. The minimum Gasteiger partial charge on any atom is -0.496 e. The van der Waals surface area contributed by atoms with Crippen LogP contribution in [0.5, 0.6) is 17.2 Å². The lowest BCUT2D eigenvalue weighted by Crippen LogP contribution is -2.43. The van der Waals surface area contributed by atoms with Gasteiger partial charge >= 0.3 is 11.9 Å². The number of nitrogens with one attached hydrogen (secondary N) is 1. The molecule has 202 valence electrons. The molecule has 3 atom stereocenters. The molecular weight excluding hydrogens is 498 g/mol. The molecule has 2 aliphatic rings. The molecule has 9 nitrogen and oxygen atoms in total. The van der Waals surface area contributed by atoms with Crippen LogP contribution in [0.15, 0.2) is 34.7 Å². The van der Waals surface area contributed by atoms with Gasteiger partial charge in [0.1, 0.15) is 18.3 Å². The Morgan fingerprint density at radius 1 is 1.05 bits per heavy atom. The summed E-state index contributed by atoms with van der Waals surface area (Å²) in [6, 6.07) is 3.35. The van der Waals surface area contributed by atoms with Gasteiger partial charge in [-0.05, 0) is 31.1 Å². The van der Waals surface area contributed by atoms with E-state index in [0.717, 1.165) is 5.75 Å². The van der Waals surface area contributed by atoms with Gasteiger partial charge in [0.15, 0.2) is 17.3 Å². The fourth-order valence-electron chi connectivity index (χ4n) is 4.96. The van der Waals surface area contributed by atoms with E-state index in [1.54, 1.807) is 30.8 Å². The van der Waals surface area contributed by atoms with Crippen molar-refractivity contribution in [3.05, 3.63) is 40.2 Å². The Morgan fingerprint density at radius 3 is 2.30 bits per heavy atom. The summed E-state index contributed by atoms with van der Waals surface area (Å²) in [5.74, 6) is -0.873. The molecule has 37 heavy (non-hydrogen) atoms. The van der Waals surface area contributed by atoms with Crippen LogP contribution in [-0.2, 0) is 23.9 Å². The van der Waals surface area contributed by atoms with Gasteiger partial charge in [-0.3, -0.25) is 9.59 Å². The smallest absolute Gasteiger partial charge is 0.336 e. The van der Waals surface area contributed by atoms with Gasteiger partial charge in [-0.15, -0.1) is 0 Å². The van der Waals surface area contributed by atoms with Crippen LogP contribution >= 0.6 is 11.8 Å². The summed E-state index contributed by atoms with van der Waals surface area (Å²) in [6.07, 6.45) is 0.430. The predicted molar refractivity (Wildman–Crippen MR) is 140 cm³/mol. The highest BCUT2D eigenvalue weighted by atomic mass is 32.2. The number of carbonyl (C=O) groups excluding carboxylic acids is 3. The molecule has 0 fully saturated rings. The summed E-state index contributed by atoms with van der Waals surface area (Å²) in [4.78, 5) is 40.1. The van der Waals surface area contributed by atoms with Gasteiger partial charge in [0.2, 0.25) is 0 Å². The van der Waals surface area contributed by atoms with Gasteiger partial charge in [-0.2, -0.15) is 11.8 Å². The molecular formula is C27H35NO8S. The average Bonchev–Trinajstić information content (AvgIpc) is 2.89. The van der Waals surface area contributed by atoms with Gasteiger partial charge < -0.3 is 29.0 Å². The number of allylic oxidation sites excluding steroid dienone is 3. The van der Waals surface area contributed by atoms with Gasteiger partial charge in [-0.1, -0.05) is 13.8 Å². The maximum atomic E-state index is 13.9. The summed E-state index contributed by atoms with van der Waals surface area (Å²) in [6.45, 7) is 5.88. The maximum Gasteiger partial charge on any atom is 0.336 e. The fourth-order valence-corrected chi connectivity index (χ4v) is 5.45. The van der Waals surface area contributed by atoms with Crippen molar-refractivity contribution in [3.8, 4) is 17.2 Å². The number of dihydropyridines is 1. The second kappa shape index (κ2) is 12.4. The van der Waals surface area contributed by atoms with Crippen molar-refractivity contribution in [2.45, 2.75) is 33.1 Å². The minimum atomic E-state index is -0.990. The second-order valence-corrected chi connectivity index (χ2v) is 10.2. The first-order valence-electron chi connectivity index (χ1n) is 12.1. The van der Waals surface area contributed by atoms with E-state index in [1.165, 1.54) is 28.4 Å². The number of hydrogen-bond donors (Lipinski definition) is 1. The molecule has 0 amide bonds. The summed E-state index contributed by atoms with van der Waals surface area (Å²) in [7, 11) is 5.78. The van der Waals surface area contributed by atoms with Crippen LogP contribution in [0.3, 0.4) is 0 Å². The van der Waals surface area contributed by atoms with E-state index >= 15 is 0 Å². The fraction of sp³-hybridized carbons (Fsp3) is 0.519. The monoisotopic (exact) mass is 533 g/mol. The van der Waals surface area contributed by atoms with Crippen molar-refractivity contribution < 1.29 is 38.1 Å². The molecule has 1 aliphatic carbocycles. The van der Waals surface area contributed by atoms with Crippen LogP contribution in [-0.4, -0.2) is 64.3 Å². The van der Waals surface area contributed by atoms with Gasteiger partial charge in [0, 0.05) is 34.3 Å². The average molecular weight is 534 g/mol. The molecule has 0 bridgehead atoms. The Bertz CT molecular complexity index is 1130. The lowest BCUT2D eigenvalue weighted by atomic mass is 9.69. The van der Waals surface area contributed by atoms with E-state index in [2.05, 4.69) is 5.32 Å². The molecule has 0 spiro atoms. The zero-order chi connectivity index (χ0) is 27.3. The summed E-state index contributed by atoms with van der Waals surface area (Å²) >= 11 is 1.66. The van der Waals surface area contributed by atoms with Crippen LogP contribution < -0.4 is 19.5 Å². The summed E-state index contributed by atoms with van der Waals surface area (Å²) in [5, 5.41) is 3.26. The molecule has 3 rings (SSSR count). The first-order chi connectivity index (χ1) is 17.7. The number of carbonyl (C=O) groups is 3. The standard InChI is InChI=1S/C27H35NO8S/c1-8-37-10-9-36-27(31)22-15(3)28-17-11-14(2)21(26(30)35-7)25(29)24(17)23(22)16-12-19(33-5)20(34-6)13-18(16)32-4/h12-14,21,23,28H,8-11H2,1-7H3/t14-,21-,23+/m1/s1. The molecule has 0 aromatic heterocycles. The van der Waals surface area contributed by atoms with Crippen LogP contribution in [0.2, 0.25) is 0 Å². The number of hydrogen-bond acceptors (Lipinski definition) is 10. The quantitative estimate of drug-likeness (QED) is 0.272. The van der Waals surface area contributed by atoms with Gasteiger partial charge in [0.25, 0.3) is 0 Å². The number of methoxy groups -OCH3 is 4. The second-order valence-electron chi connectivity index (χ2n) is 8.82. The molecule has 0 unspecified atom stereocenters. The van der Waals surface area contributed by atoms with Crippen LogP contribution in [0.4, 0.5) is 0 Å². The van der Waals surface area contributed by atoms with Crippen LogP contribution in [0.1, 0.15) is 38.7 Å². The van der Waals surface area contributed by atoms with Crippen LogP contribution in [0.25, 0.3) is 0 Å². The number of rotatable bonds is 10. The minimum absolute atomic E-state index is 0.228. The molecule has 1 N–H and O–H groups in total. The Hall–Kier alpha value is -3.14. The largest absolute Gasteiger partial charge is 0.496 e. The number of ether oxygens (including phenoxy) is 5. The molecule has 1 heterocycles.